The van der Waals surface area contributed by atoms with E-state index >= 15 is 0 Å². The van der Waals surface area contributed by atoms with Crippen LogP contribution in [0.25, 0.3) is 0 Å². The minimum Gasteiger partial charge on any atom is -0.395 e. The van der Waals surface area contributed by atoms with E-state index < -0.39 is 0 Å². The molecule has 8 nitrogen and oxygen atoms in total. The Bertz CT molecular complexity index is 669. The van der Waals surface area contributed by atoms with Gasteiger partial charge in [0.15, 0.2) is 0 Å². The van der Waals surface area contributed by atoms with Crippen molar-refractivity contribution in [2.45, 2.75) is 25.8 Å². The molecule has 8 heteroatoms. The van der Waals surface area contributed by atoms with Crippen molar-refractivity contribution >= 4 is 11.8 Å². The van der Waals surface area contributed by atoms with Gasteiger partial charge in [-0.25, -0.2) is 4.98 Å². The van der Waals surface area contributed by atoms with E-state index in [0.29, 0.717) is 25.6 Å². The summed E-state index contributed by atoms with van der Waals surface area (Å²) in [6.07, 6.45) is 0.960. The predicted molar refractivity (Wildman–Crippen MR) is 89.1 cm³/mol. The quantitative estimate of drug-likeness (QED) is 0.783. The van der Waals surface area contributed by atoms with Gasteiger partial charge in [-0.05, 0) is 13.3 Å². The number of rotatable bonds is 7. The SMILES string of the molecule is Cc1cc(CN(C)c2cc([C@@H]3CCOC3)nc(NCCO)n2)no1. The van der Waals surface area contributed by atoms with Crippen LogP contribution in [0.3, 0.4) is 0 Å². The van der Waals surface area contributed by atoms with Gasteiger partial charge in [0.1, 0.15) is 17.3 Å². The van der Waals surface area contributed by atoms with Gasteiger partial charge in [-0.3, -0.25) is 0 Å². The van der Waals surface area contributed by atoms with Gasteiger partial charge in [0.25, 0.3) is 0 Å². The zero-order valence-electron chi connectivity index (χ0n) is 14.0. The van der Waals surface area contributed by atoms with Crippen LogP contribution < -0.4 is 10.2 Å². The molecule has 0 unspecified atom stereocenters. The lowest BCUT2D eigenvalue weighted by Gasteiger charge is -2.19. The normalized spacial score (nSPS) is 17.2. The molecule has 1 aliphatic heterocycles. The van der Waals surface area contributed by atoms with Gasteiger partial charge in [0.05, 0.1) is 25.5 Å². The second-order valence-corrected chi connectivity index (χ2v) is 5.97. The van der Waals surface area contributed by atoms with Gasteiger partial charge >= 0.3 is 0 Å². The molecule has 0 aliphatic carbocycles. The van der Waals surface area contributed by atoms with Crippen molar-refractivity contribution in [1.82, 2.24) is 15.1 Å². The average molecular weight is 333 g/mol. The maximum atomic E-state index is 9.02. The van der Waals surface area contributed by atoms with E-state index in [1.54, 1.807) is 0 Å². The third kappa shape index (κ3) is 4.01. The zero-order valence-corrected chi connectivity index (χ0v) is 14.0. The van der Waals surface area contributed by atoms with Crippen LogP contribution in [0.4, 0.5) is 11.8 Å². The van der Waals surface area contributed by atoms with Crippen LogP contribution in [0.15, 0.2) is 16.7 Å². The summed E-state index contributed by atoms with van der Waals surface area (Å²) in [5, 5.41) is 16.1. The molecule has 1 fully saturated rings. The monoisotopic (exact) mass is 333 g/mol. The van der Waals surface area contributed by atoms with Gasteiger partial charge in [-0.2, -0.15) is 4.98 Å². The molecule has 3 rings (SSSR count). The lowest BCUT2D eigenvalue weighted by molar-refractivity contribution is 0.193. The Morgan fingerprint density at radius 2 is 2.25 bits per heavy atom. The fraction of sp³-hybridized carbons (Fsp3) is 0.562. The number of hydrogen-bond donors (Lipinski definition) is 2. The standard InChI is InChI=1S/C16H23N5O3/c1-11-7-13(20-24-11)9-21(2)15-8-14(12-3-6-23-10-12)18-16(19-15)17-4-5-22/h7-8,12,22H,3-6,9-10H2,1-2H3,(H,17,18,19)/t12-/m1/s1. The molecule has 0 saturated carbocycles. The van der Waals surface area contributed by atoms with Crippen molar-refractivity contribution in [3.05, 3.63) is 29.3 Å². The molecule has 0 radical (unpaired) electrons. The lowest BCUT2D eigenvalue weighted by atomic mass is 10.0. The summed E-state index contributed by atoms with van der Waals surface area (Å²) < 4.78 is 10.6. The fourth-order valence-corrected chi connectivity index (χ4v) is 2.69. The minimum atomic E-state index is 0.0313. The van der Waals surface area contributed by atoms with Crippen molar-refractivity contribution in [1.29, 1.82) is 0 Å². The molecule has 0 spiro atoms. The Morgan fingerprint density at radius 3 is 2.92 bits per heavy atom. The highest BCUT2D eigenvalue weighted by Crippen LogP contribution is 2.27. The van der Waals surface area contributed by atoms with E-state index in [2.05, 4.69) is 20.4 Å². The van der Waals surface area contributed by atoms with E-state index in [1.165, 1.54) is 0 Å². The number of ether oxygens (including phenoxy) is 1. The van der Waals surface area contributed by atoms with Crippen molar-refractivity contribution in [2.24, 2.45) is 0 Å². The summed E-state index contributed by atoms with van der Waals surface area (Å²) in [4.78, 5) is 11.1. The van der Waals surface area contributed by atoms with Crippen molar-refractivity contribution in [3.63, 3.8) is 0 Å². The van der Waals surface area contributed by atoms with E-state index in [1.807, 2.05) is 31.0 Å². The largest absolute Gasteiger partial charge is 0.395 e. The molecule has 1 atom stereocenters. The molecule has 24 heavy (non-hydrogen) atoms. The number of nitrogens with one attached hydrogen (secondary N) is 1. The van der Waals surface area contributed by atoms with Crippen LogP contribution in [0, 0.1) is 6.92 Å². The van der Waals surface area contributed by atoms with Crippen LogP contribution in [-0.2, 0) is 11.3 Å². The smallest absolute Gasteiger partial charge is 0.224 e. The first-order chi connectivity index (χ1) is 11.7. The van der Waals surface area contributed by atoms with Crippen LogP contribution in [0.1, 0.15) is 29.5 Å². The number of nitrogens with zero attached hydrogens (tertiary/aromatic N) is 4. The summed E-state index contributed by atoms with van der Waals surface area (Å²) in [6, 6.07) is 3.91. The molecule has 0 amide bonds. The minimum absolute atomic E-state index is 0.0313. The Hall–Kier alpha value is -2.19. The first-order valence-electron chi connectivity index (χ1n) is 8.10. The van der Waals surface area contributed by atoms with E-state index in [-0.39, 0.29) is 12.5 Å². The number of aliphatic hydroxyl groups is 1. The molecule has 1 aliphatic rings. The van der Waals surface area contributed by atoms with Gasteiger partial charge in [0.2, 0.25) is 5.95 Å². The van der Waals surface area contributed by atoms with Gasteiger partial charge < -0.3 is 24.6 Å². The Labute approximate surface area is 140 Å². The Balaban J connectivity index is 1.82. The van der Waals surface area contributed by atoms with Crippen LogP contribution in [-0.4, -0.2) is 53.6 Å². The van der Waals surface area contributed by atoms with Crippen molar-refractivity contribution in [2.75, 3.05) is 43.6 Å². The summed E-state index contributed by atoms with van der Waals surface area (Å²) in [5.41, 5.74) is 1.81. The molecule has 0 aromatic carbocycles. The molecule has 0 bridgehead atoms. The van der Waals surface area contributed by atoms with E-state index in [4.69, 9.17) is 14.4 Å². The molecule has 2 aromatic rings. The molecule has 130 valence electrons. The molecule has 2 aromatic heterocycles. The number of aliphatic hydroxyl groups excluding tert-OH is 1. The molecule has 1 saturated heterocycles. The molecular weight excluding hydrogens is 310 g/mol. The zero-order chi connectivity index (χ0) is 16.9. The maximum absolute atomic E-state index is 9.02. The summed E-state index contributed by atoms with van der Waals surface area (Å²) >= 11 is 0. The van der Waals surface area contributed by atoms with Crippen molar-refractivity contribution < 1.29 is 14.4 Å². The van der Waals surface area contributed by atoms with Crippen LogP contribution in [0.5, 0.6) is 0 Å². The fourth-order valence-electron chi connectivity index (χ4n) is 2.69. The number of hydrogen-bond acceptors (Lipinski definition) is 8. The lowest BCUT2D eigenvalue weighted by Crippen LogP contribution is -2.20. The highest BCUT2D eigenvalue weighted by Gasteiger charge is 2.21. The summed E-state index contributed by atoms with van der Waals surface area (Å²) in [5.74, 6) is 2.39. The second kappa shape index (κ2) is 7.59. The van der Waals surface area contributed by atoms with E-state index in [0.717, 1.165) is 36.0 Å². The highest BCUT2D eigenvalue weighted by molar-refractivity contribution is 5.45. The highest BCUT2D eigenvalue weighted by atomic mass is 16.5. The first-order valence-corrected chi connectivity index (χ1v) is 8.10. The second-order valence-electron chi connectivity index (χ2n) is 5.97. The van der Waals surface area contributed by atoms with Gasteiger partial charge in [-0.15, -0.1) is 0 Å². The summed E-state index contributed by atoms with van der Waals surface area (Å²) in [6.45, 7) is 4.35. The third-order valence-corrected chi connectivity index (χ3v) is 3.94. The van der Waals surface area contributed by atoms with Crippen LogP contribution >= 0.6 is 0 Å². The molecule has 3 heterocycles. The molecular formula is C16H23N5O3. The number of aryl methyl sites for hydroxylation is 1. The maximum Gasteiger partial charge on any atom is 0.224 e. The Kier molecular flexibility index (Phi) is 5.27. The number of aromatic nitrogens is 3. The topological polar surface area (TPSA) is 96.5 Å². The Morgan fingerprint density at radius 1 is 1.38 bits per heavy atom. The molecule has 2 N–H and O–H groups in total. The van der Waals surface area contributed by atoms with Crippen LogP contribution in [0.2, 0.25) is 0 Å². The van der Waals surface area contributed by atoms with Crippen molar-refractivity contribution in [3.8, 4) is 0 Å². The first kappa shape index (κ1) is 16.7. The third-order valence-electron chi connectivity index (χ3n) is 3.94. The summed E-state index contributed by atoms with van der Waals surface area (Å²) in [7, 11) is 1.96. The predicted octanol–water partition coefficient (Wildman–Crippen LogP) is 1.32. The van der Waals surface area contributed by atoms with Gasteiger partial charge in [-0.1, -0.05) is 5.16 Å². The van der Waals surface area contributed by atoms with E-state index in [9.17, 15) is 0 Å². The average Bonchev–Trinajstić information content (AvgIpc) is 3.24. The number of anilines is 2. The van der Waals surface area contributed by atoms with Gasteiger partial charge in [0, 0.05) is 38.2 Å².